The molecule has 0 radical (unpaired) electrons. The van der Waals surface area contributed by atoms with Gasteiger partial charge < -0.3 is 19.7 Å². The van der Waals surface area contributed by atoms with Crippen LogP contribution in [0.2, 0.25) is 0 Å². The molecule has 0 bridgehead atoms. The van der Waals surface area contributed by atoms with E-state index in [-0.39, 0.29) is 18.0 Å². The van der Waals surface area contributed by atoms with E-state index in [4.69, 9.17) is 9.47 Å². The van der Waals surface area contributed by atoms with Crippen LogP contribution in [0.1, 0.15) is 29.7 Å². The van der Waals surface area contributed by atoms with Crippen LogP contribution >= 0.6 is 0 Å². The zero-order valence-electron chi connectivity index (χ0n) is 15.9. The number of ether oxygens (including phenoxy) is 2. The van der Waals surface area contributed by atoms with Gasteiger partial charge in [-0.3, -0.25) is 0 Å². The smallest absolute Gasteiger partial charge is 0.123 e. The van der Waals surface area contributed by atoms with Crippen molar-refractivity contribution in [1.82, 2.24) is 10.2 Å². The molecule has 1 aliphatic rings. The Morgan fingerprint density at radius 2 is 2.00 bits per heavy atom. The van der Waals surface area contributed by atoms with Crippen LogP contribution in [0.3, 0.4) is 0 Å². The molecule has 0 amide bonds. The quantitative estimate of drug-likeness (QED) is 0.821. The van der Waals surface area contributed by atoms with E-state index >= 15 is 0 Å². The molecule has 26 heavy (non-hydrogen) atoms. The van der Waals surface area contributed by atoms with Crippen molar-refractivity contribution in [1.29, 1.82) is 0 Å². The predicted molar refractivity (Wildman–Crippen MR) is 101 cm³/mol. The van der Waals surface area contributed by atoms with Crippen LogP contribution in [-0.2, 0) is 13.0 Å². The lowest BCUT2D eigenvalue weighted by Gasteiger charge is -2.25. The Kier molecular flexibility index (Phi) is 5.79. The van der Waals surface area contributed by atoms with Gasteiger partial charge >= 0.3 is 0 Å². The molecule has 0 aliphatic carbocycles. The first-order valence-electron chi connectivity index (χ1n) is 8.97. The topological polar surface area (TPSA) is 33.7 Å². The van der Waals surface area contributed by atoms with Crippen molar-refractivity contribution in [2.24, 2.45) is 0 Å². The van der Waals surface area contributed by atoms with Crippen LogP contribution < -0.4 is 14.8 Å². The molecule has 5 heteroatoms. The number of nitrogens with zero attached hydrogens (tertiary/aromatic N) is 1. The minimum absolute atomic E-state index is 0.160. The summed E-state index contributed by atoms with van der Waals surface area (Å²) in [5.74, 6) is 1.63. The third kappa shape index (κ3) is 4.17. The third-order valence-electron chi connectivity index (χ3n) is 4.83. The number of nitrogens with one attached hydrogen (secondary N) is 1. The molecule has 0 saturated carbocycles. The Bertz CT molecular complexity index is 746. The molecule has 1 heterocycles. The highest BCUT2D eigenvalue weighted by molar-refractivity contribution is 5.48. The number of hydrogen-bond acceptors (Lipinski definition) is 4. The Morgan fingerprint density at radius 3 is 2.65 bits per heavy atom. The molecule has 2 unspecified atom stereocenters. The van der Waals surface area contributed by atoms with E-state index in [2.05, 4.69) is 29.3 Å². The lowest BCUT2D eigenvalue weighted by molar-refractivity contribution is 0.254. The summed E-state index contributed by atoms with van der Waals surface area (Å²) < 4.78 is 24.6. The second-order valence-electron chi connectivity index (χ2n) is 7.07. The molecule has 0 spiro atoms. The SMILES string of the molecule is COc1cc2c(cc1CNCC(c1ccc(F)cc1)N(C)C)OC(C)C2. The summed E-state index contributed by atoms with van der Waals surface area (Å²) in [4.78, 5) is 2.13. The third-order valence-corrected chi connectivity index (χ3v) is 4.83. The fraction of sp³-hybridized carbons (Fsp3) is 0.429. The lowest BCUT2D eigenvalue weighted by atomic mass is 10.0. The Labute approximate surface area is 154 Å². The fourth-order valence-electron chi connectivity index (χ4n) is 3.44. The van der Waals surface area contributed by atoms with E-state index in [1.165, 1.54) is 17.7 Å². The summed E-state index contributed by atoms with van der Waals surface area (Å²) in [6.07, 6.45) is 1.14. The standard InChI is InChI=1S/C21H27FN2O2/c1-14-9-16-10-20(25-4)17(11-21(16)26-14)12-23-13-19(24(2)3)15-5-7-18(22)8-6-15/h5-8,10-11,14,19,23H,9,12-13H2,1-4H3. The molecule has 1 N–H and O–H groups in total. The van der Waals surface area contributed by atoms with Gasteiger partial charge in [-0.25, -0.2) is 4.39 Å². The number of likely N-dealkylation sites (N-methyl/N-ethyl adjacent to an activating group) is 1. The minimum Gasteiger partial charge on any atom is -0.496 e. The Hall–Kier alpha value is -2.11. The van der Waals surface area contributed by atoms with E-state index in [0.717, 1.165) is 35.6 Å². The van der Waals surface area contributed by atoms with E-state index in [1.54, 1.807) is 7.11 Å². The molecule has 0 saturated heterocycles. The Balaban J connectivity index is 1.68. The molecule has 2 aromatic rings. The maximum absolute atomic E-state index is 13.2. The van der Waals surface area contributed by atoms with Gasteiger partial charge in [0.2, 0.25) is 0 Å². The highest BCUT2D eigenvalue weighted by atomic mass is 19.1. The fourth-order valence-corrected chi connectivity index (χ4v) is 3.44. The van der Waals surface area contributed by atoms with Crippen LogP contribution in [-0.4, -0.2) is 38.8 Å². The van der Waals surface area contributed by atoms with E-state index in [1.807, 2.05) is 26.2 Å². The van der Waals surface area contributed by atoms with Crippen LogP contribution in [0, 0.1) is 5.82 Å². The molecular weight excluding hydrogens is 331 g/mol. The second kappa shape index (κ2) is 8.06. The lowest BCUT2D eigenvalue weighted by Crippen LogP contribution is -2.30. The van der Waals surface area contributed by atoms with E-state index in [9.17, 15) is 4.39 Å². The Morgan fingerprint density at radius 1 is 1.27 bits per heavy atom. The predicted octanol–water partition coefficient (Wildman–Crippen LogP) is 3.55. The van der Waals surface area contributed by atoms with Crippen molar-refractivity contribution in [2.45, 2.75) is 32.0 Å². The average molecular weight is 358 g/mol. The maximum atomic E-state index is 13.2. The van der Waals surface area contributed by atoms with Gasteiger partial charge in [0.15, 0.2) is 0 Å². The van der Waals surface area contributed by atoms with Crippen molar-refractivity contribution in [3.8, 4) is 11.5 Å². The van der Waals surface area contributed by atoms with Crippen molar-refractivity contribution >= 4 is 0 Å². The largest absolute Gasteiger partial charge is 0.496 e. The molecule has 2 aromatic carbocycles. The number of rotatable bonds is 7. The molecule has 4 nitrogen and oxygen atoms in total. The van der Waals surface area contributed by atoms with E-state index < -0.39 is 0 Å². The van der Waals surface area contributed by atoms with Crippen LogP contribution in [0.15, 0.2) is 36.4 Å². The second-order valence-corrected chi connectivity index (χ2v) is 7.07. The zero-order valence-corrected chi connectivity index (χ0v) is 15.9. The maximum Gasteiger partial charge on any atom is 0.123 e. The van der Waals surface area contributed by atoms with Gasteiger partial charge in [-0.1, -0.05) is 12.1 Å². The minimum atomic E-state index is -0.212. The van der Waals surface area contributed by atoms with Crippen LogP contribution in [0.25, 0.3) is 0 Å². The highest BCUT2D eigenvalue weighted by Gasteiger charge is 2.22. The van der Waals surface area contributed by atoms with Crippen LogP contribution in [0.5, 0.6) is 11.5 Å². The highest BCUT2D eigenvalue weighted by Crippen LogP contribution is 2.35. The van der Waals surface area contributed by atoms with E-state index in [0.29, 0.717) is 6.54 Å². The number of fused-ring (bicyclic) bond motifs is 1. The molecule has 1 aliphatic heterocycles. The molecule has 0 aromatic heterocycles. The number of hydrogen-bond donors (Lipinski definition) is 1. The summed E-state index contributed by atoms with van der Waals surface area (Å²) in [5.41, 5.74) is 3.37. The number of benzene rings is 2. The monoisotopic (exact) mass is 358 g/mol. The molecule has 140 valence electrons. The van der Waals surface area contributed by atoms with Gasteiger partial charge in [-0.05, 0) is 50.8 Å². The molecule has 3 rings (SSSR count). The molecule has 0 fully saturated rings. The first kappa shape index (κ1) is 18.7. The van der Waals surface area contributed by atoms with Crippen molar-refractivity contribution in [3.05, 3.63) is 58.9 Å². The zero-order chi connectivity index (χ0) is 18.7. The molecule has 2 atom stereocenters. The first-order valence-corrected chi connectivity index (χ1v) is 8.97. The first-order chi connectivity index (χ1) is 12.5. The van der Waals surface area contributed by atoms with Gasteiger partial charge in [0.05, 0.1) is 7.11 Å². The van der Waals surface area contributed by atoms with Gasteiger partial charge in [0.1, 0.15) is 23.4 Å². The van der Waals surface area contributed by atoms with Gasteiger partial charge in [0.25, 0.3) is 0 Å². The van der Waals surface area contributed by atoms with Crippen molar-refractivity contribution in [2.75, 3.05) is 27.7 Å². The van der Waals surface area contributed by atoms with Crippen molar-refractivity contribution in [3.63, 3.8) is 0 Å². The van der Waals surface area contributed by atoms with Crippen molar-refractivity contribution < 1.29 is 13.9 Å². The summed E-state index contributed by atoms with van der Waals surface area (Å²) in [6.45, 7) is 3.50. The summed E-state index contributed by atoms with van der Waals surface area (Å²) >= 11 is 0. The number of halogens is 1. The summed E-state index contributed by atoms with van der Waals surface area (Å²) in [5, 5.41) is 3.50. The van der Waals surface area contributed by atoms with Gasteiger partial charge in [0, 0.05) is 36.7 Å². The van der Waals surface area contributed by atoms with Gasteiger partial charge in [-0.2, -0.15) is 0 Å². The van der Waals surface area contributed by atoms with Crippen LogP contribution in [0.4, 0.5) is 4.39 Å². The molecular formula is C21H27FN2O2. The summed E-state index contributed by atoms with van der Waals surface area (Å²) in [7, 11) is 5.76. The summed E-state index contributed by atoms with van der Waals surface area (Å²) in [6, 6.07) is 11.0. The normalized spacial score (nSPS) is 17.1. The average Bonchev–Trinajstić information content (AvgIpc) is 2.97. The van der Waals surface area contributed by atoms with Gasteiger partial charge in [-0.15, -0.1) is 0 Å². The number of methoxy groups -OCH3 is 1.